The lowest BCUT2D eigenvalue weighted by atomic mass is 9.89. The molecule has 1 fully saturated rings. The predicted octanol–water partition coefficient (Wildman–Crippen LogP) is 3.60. The van der Waals surface area contributed by atoms with Crippen LogP contribution < -0.4 is 0 Å². The topological polar surface area (TPSA) is 69.9 Å². The minimum atomic E-state index is -0.519. The molecule has 1 aliphatic carbocycles. The summed E-state index contributed by atoms with van der Waals surface area (Å²) < 4.78 is 5.03. The molecule has 0 aromatic rings. The monoisotopic (exact) mass is 354 g/mol. The second-order valence-electron chi connectivity index (χ2n) is 7.26. The number of aliphatic hydroxyl groups is 3. The molecule has 4 heteroatoms. The van der Waals surface area contributed by atoms with E-state index in [0.717, 1.165) is 58.0 Å². The fourth-order valence-electron chi connectivity index (χ4n) is 3.54. The van der Waals surface area contributed by atoms with E-state index in [1.807, 2.05) is 12.2 Å². The summed E-state index contributed by atoms with van der Waals surface area (Å²) in [6.07, 6.45) is 15.0. The molecule has 1 saturated carbocycles. The molecule has 0 aromatic heterocycles. The number of hydrogen-bond donors (Lipinski definition) is 3. The van der Waals surface area contributed by atoms with Gasteiger partial charge in [0.1, 0.15) is 0 Å². The van der Waals surface area contributed by atoms with Crippen molar-refractivity contribution in [3.8, 4) is 0 Å². The van der Waals surface area contributed by atoms with Crippen molar-refractivity contribution in [2.24, 2.45) is 11.8 Å². The minimum absolute atomic E-state index is 0.0318. The molecule has 0 aliphatic heterocycles. The molecule has 146 valence electrons. The van der Waals surface area contributed by atoms with Crippen molar-refractivity contribution in [3.05, 3.63) is 24.3 Å². The van der Waals surface area contributed by atoms with Gasteiger partial charge in [-0.15, -0.1) is 0 Å². The van der Waals surface area contributed by atoms with Crippen LogP contribution >= 0.6 is 0 Å². The number of ether oxygens (including phenoxy) is 1. The van der Waals surface area contributed by atoms with E-state index in [1.165, 1.54) is 0 Å². The van der Waals surface area contributed by atoms with E-state index in [0.29, 0.717) is 6.42 Å². The van der Waals surface area contributed by atoms with Crippen LogP contribution in [0.15, 0.2) is 24.3 Å². The number of methoxy groups -OCH3 is 1. The number of aliphatic hydroxyl groups excluding tert-OH is 3. The van der Waals surface area contributed by atoms with E-state index in [2.05, 4.69) is 19.1 Å². The summed E-state index contributed by atoms with van der Waals surface area (Å²) in [6, 6.07) is 0. The van der Waals surface area contributed by atoms with Crippen molar-refractivity contribution in [2.75, 3.05) is 13.7 Å². The first kappa shape index (κ1) is 22.4. The maximum atomic E-state index is 10.2. The summed E-state index contributed by atoms with van der Waals surface area (Å²) in [5.74, 6) is -0.0433. The largest absolute Gasteiger partial charge is 0.393 e. The Bertz CT molecular complexity index is 380. The van der Waals surface area contributed by atoms with Crippen molar-refractivity contribution >= 4 is 0 Å². The van der Waals surface area contributed by atoms with Crippen molar-refractivity contribution < 1.29 is 20.1 Å². The summed E-state index contributed by atoms with van der Waals surface area (Å²) >= 11 is 0. The molecular weight excluding hydrogens is 316 g/mol. The molecule has 1 aliphatic rings. The van der Waals surface area contributed by atoms with Gasteiger partial charge in [0.25, 0.3) is 0 Å². The molecule has 5 atom stereocenters. The summed E-state index contributed by atoms with van der Waals surface area (Å²) in [4.78, 5) is 0. The van der Waals surface area contributed by atoms with E-state index in [-0.39, 0.29) is 11.8 Å². The van der Waals surface area contributed by atoms with Crippen molar-refractivity contribution in [3.63, 3.8) is 0 Å². The Kier molecular flexibility index (Phi) is 12.1. The highest BCUT2D eigenvalue weighted by atomic mass is 16.5. The fraction of sp³-hybridized carbons (Fsp3) is 0.810. The van der Waals surface area contributed by atoms with Gasteiger partial charge in [-0.1, -0.05) is 50.5 Å². The zero-order valence-corrected chi connectivity index (χ0v) is 16.0. The molecule has 0 unspecified atom stereocenters. The van der Waals surface area contributed by atoms with Gasteiger partial charge < -0.3 is 20.1 Å². The quantitative estimate of drug-likeness (QED) is 0.349. The van der Waals surface area contributed by atoms with Gasteiger partial charge in [-0.3, -0.25) is 0 Å². The van der Waals surface area contributed by atoms with Gasteiger partial charge in [0, 0.05) is 26.1 Å². The molecular formula is C21H38O4. The molecule has 3 N–H and O–H groups in total. The lowest BCUT2D eigenvalue weighted by molar-refractivity contribution is 0.120. The highest BCUT2D eigenvalue weighted by molar-refractivity contribution is 5.06. The Morgan fingerprint density at radius 2 is 1.88 bits per heavy atom. The fourth-order valence-corrected chi connectivity index (χ4v) is 3.54. The minimum Gasteiger partial charge on any atom is -0.393 e. The van der Waals surface area contributed by atoms with Crippen molar-refractivity contribution in [1.29, 1.82) is 0 Å². The van der Waals surface area contributed by atoms with E-state index < -0.39 is 18.3 Å². The lowest BCUT2D eigenvalue weighted by Gasteiger charge is -2.19. The van der Waals surface area contributed by atoms with E-state index >= 15 is 0 Å². The van der Waals surface area contributed by atoms with Crippen LogP contribution in [0, 0.1) is 11.8 Å². The molecule has 1 rings (SSSR count). The smallest absolute Gasteiger partial charge is 0.0721 e. The van der Waals surface area contributed by atoms with Gasteiger partial charge in [0.2, 0.25) is 0 Å². The molecule has 0 heterocycles. The number of unbranched alkanes of at least 4 members (excludes halogenated alkanes) is 4. The SMILES string of the molecule is CCCCC[C@H](O)C=C[C@@H]1[C@@H](C/C=C/CCCCOC)[C@@H](O)C[C@H]1O. The number of rotatable bonds is 13. The third kappa shape index (κ3) is 9.00. The van der Waals surface area contributed by atoms with Crippen LogP contribution in [0.3, 0.4) is 0 Å². The van der Waals surface area contributed by atoms with Crippen LogP contribution in [0.2, 0.25) is 0 Å². The van der Waals surface area contributed by atoms with E-state index in [9.17, 15) is 15.3 Å². The van der Waals surface area contributed by atoms with Gasteiger partial charge in [-0.05, 0) is 38.0 Å². The lowest BCUT2D eigenvalue weighted by Crippen LogP contribution is -2.20. The van der Waals surface area contributed by atoms with Gasteiger partial charge in [0.15, 0.2) is 0 Å². The van der Waals surface area contributed by atoms with Crippen molar-refractivity contribution in [2.45, 2.75) is 83.0 Å². The van der Waals surface area contributed by atoms with Crippen LogP contribution in [-0.4, -0.2) is 47.3 Å². The van der Waals surface area contributed by atoms with E-state index in [1.54, 1.807) is 7.11 Å². The highest BCUT2D eigenvalue weighted by Crippen LogP contribution is 2.36. The van der Waals surface area contributed by atoms with Crippen molar-refractivity contribution in [1.82, 2.24) is 0 Å². The summed E-state index contributed by atoms with van der Waals surface area (Å²) in [6.45, 7) is 2.95. The Morgan fingerprint density at radius 3 is 2.60 bits per heavy atom. The molecule has 4 nitrogen and oxygen atoms in total. The summed E-state index contributed by atoms with van der Waals surface area (Å²) in [5.41, 5.74) is 0. The Hall–Kier alpha value is -0.680. The van der Waals surface area contributed by atoms with Crippen LogP contribution in [0.25, 0.3) is 0 Å². The Labute approximate surface area is 153 Å². The third-order valence-corrected chi connectivity index (χ3v) is 5.12. The van der Waals surface area contributed by atoms with Crippen LogP contribution in [0.4, 0.5) is 0 Å². The first-order valence-electron chi connectivity index (χ1n) is 9.96. The second-order valence-corrected chi connectivity index (χ2v) is 7.26. The zero-order valence-electron chi connectivity index (χ0n) is 16.0. The zero-order chi connectivity index (χ0) is 18.5. The maximum Gasteiger partial charge on any atom is 0.0721 e. The van der Waals surface area contributed by atoms with E-state index in [4.69, 9.17) is 4.74 Å². The molecule has 0 spiro atoms. The molecule has 0 amide bonds. The maximum absolute atomic E-state index is 10.2. The van der Waals surface area contributed by atoms with Gasteiger partial charge in [-0.2, -0.15) is 0 Å². The molecule has 0 saturated heterocycles. The Morgan fingerprint density at radius 1 is 1.08 bits per heavy atom. The average Bonchev–Trinajstić information content (AvgIpc) is 2.85. The second kappa shape index (κ2) is 13.5. The molecule has 0 bridgehead atoms. The predicted molar refractivity (Wildman–Crippen MR) is 102 cm³/mol. The number of allylic oxidation sites excluding steroid dienone is 2. The van der Waals surface area contributed by atoms with Gasteiger partial charge in [-0.25, -0.2) is 0 Å². The van der Waals surface area contributed by atoms with Gasteiger partial charge >= 0.3 is 0 Å². The molecule has 0 aromatic carbocycles. The van der Waals surface area contributed by atoms with Crippen LogP contribution in [0.5, 0.6) is 0 Å². The standard InChI is InChI=1S/C21H38O4/c1-3-4-8-11-17(22)13-14-19-18(20(23)16-21(19)24)12-9-6-5-7-10-15-25-2/h6,9,13-14,17-24H,3-5,7-8,10-12,15-16H2,1-2H3/b9-6+,14-13?/t17-,18+,19+,20-,21+/m0/s1. The molecule has 25 heavy (non-hydrogen) atoms. The van der Waals surface area contributed by atoms with Crippen LogP contribution in [-0.2, 0) is 4.74 Å². The average molecular weight is 355 g/mol. The Balaban J connectivity index is 2.42. The van der Waals surface area contributed by atoms with Crippen LogP contribution in [0.1, 0.15) is 64.7 Å². The summed E-state index contributed by atoms with van der Waals surface area (Å²) in [5, 5.41) is 30.5. The normalized spacial score (nSPS) is 28.4. The number of hydrogen-bond acceptors (Lipinski definition) is 4. The highest BCUT2D eigenvalue weighted by Gasteiger charge is 2.39. The third-order valence-electron chi connectivity index (χ3n) is 5.12. The summed E-state index contributed by atoms with van der Waals surface area (Å²) in [7, 11) is 1.72. The first-order valence-corrected chi connectivity index (χ1v) is 9.96. The first-order chi connectivity index (χ1) is 12.1. The van der Waals surface area contributed by atoms with Gasteiger partial charge in [0.05, 0.1) is 18.3 Å². The molecule has 0 radical (unpaired) electrons.